The highest BCUT2D eigenvalue weighted by atomic mass is 32.2. The van der Waals surface area contributed by atoms with Crippen molar-refractivity contribution < 1.29 is 22.7 Å². The fourth-order valence-electron chi connectivity index (χ4n) is 3.40. The van der Waals surface area contributed by atoms with Gasteiger partial charge in [-0.15, -0.1) is 0 Å². The van der Waals surface area contributed by atoms with E-state index in [2.05, 4.69) is 10.3 Å². The number of fused-ring (bicyclic) bond motifs is 1. The van der Waals surface area contributed by atoms with Crippen molar-refractivity contribution in [1.82, 2.24) is 19.2 Å². The Morgan fingerprint density at radius 1 is 1.31 bits per heavy atom. The quantitative estimate of drug-likeness (QED) is 0.385. The first-order valence-corrected chi connectivity index (χ1v) is 13.3. The predicted molar refractivity (Wildman–Crippen MR) is 124 cm³/mol. The number of hydrogen-bond donors (Lipinski definition) is 1. The number of rotatable bonds is 11. The van der Waals surface area contributed by atoms with Gasteiger partial charge in [-0.2, -0.15) is 4.31 Å². The molecule has 2 heterocycles. The van der Waals surface area contributed by atoms with Gasteiger partial charge in [-0.3, -0.25) is 4.79 Å². The maximum atomic E-state index is 13.0. The zero-order chi connectivity index (χ0) is 23.1. The SMILES string of the molecule is CCn1c(SCC(=O)NCCCOC(C)C)nc2cc(S(=O)(=O)N3CCOCC3)ccc21. The minimum Gasteiger partial charge on any atom is -0.379 e. The number of ether oxygens (including phenoxy) is 2. The molecule has 0 spiro atoms. The summed E-state index contributed by atoms with van der Waals surface area (Å²) >= 11 is 1.35. The molecule has 1 aromatic carbocycles. The third-order valence-corrected chi connectivity index (χ3v) is 7.91. The average molecular weight is 485 g/mol. The zero-order valence-electron chi connectivity index (χ0n) is 18.9. The number of thioether (sulfide) groups is 1. The fourth-order valence-corrected chi connectivity index (χ4v) is 5.74. The summed E-state index contributed by atoms with van der Waals surface area (Å²) in [6, 6.07) is 5.03. The van der Waals surface area contributed by atoms with Gasteiger partial charge in [0.05, 0.1) is 41.0 Å². The molecule has 1 aromatic heterocycles. The van der Waals surface area contributed by atoms with Crippen LogP contribution in [0.3, 0.4) is 0 Å². The average Bonchev–Trinajstić information content (AvgIpc) is 3.14. The maximum absolute atomic E-state index is 13.0. The number of morpholine rings is 1. The lowest BCUT2D eigenvalue weighted by Crippen LogP contribution is -2.40. The van der Waals surface area contributed by atoms with Crippen molar-refractivity contribution in [2.24, 2.45) is 0 Å². The molecule has 2 aromatic rings. The van der Waals surface area contributed by atoms with Crippen molar-refractivity contribution in [2.75, 3.05) is 45.2 Å². The summed E-state index contributed by atoms with van der Waals surface area (Å²) in [7, 11) is -3.59. The molecule has 0 bridgehead atoms. The number of carbonyl (C=O) groups is 1. The molecule has 1 saturated heterocycles. The molecular weight excluding hydrogens is 452 g/mol. The van der Waals surface area contributed by atoms with Crippen LogP contribution in [0.4, 0.5) is 0 Å². The number of amides is 1. The van der Waals surface area contributed by atoms with E-state index in [-0.39, 0.29) is 22.7 Å². The number of nitrogens with one attached hydrogen (secondary N) is 1. The van der Waals surface area contributed by atoms with E-state index < -0.39 is 10.0 Å². The molecule has 1 aliphatic heterocycles. The van der Waals surface area contributed by atoms with Gasteiger partial charge in [0.25, 0.3) is 0 Å². The third kappa shape index (κ3) is 6.22. The Labute approximate surface area is 193 Å². The molecule has 0 unspecified atom stereocenters. The Bertz CT molecular complexity index is 1020. The summed E-state index contributed by atoms with van der Waals surface area (Å²) in [5, 5.41) is 3.59. The first-order chi connectivity index (χ1) is 15.3. The highest BCUT2D eigenvalue weighted by Gasteiger charge is 2.27. The number of carbonyl (C=O) groups excluding carboxylic acids is 1. The molecule has 0 radical (unpaired) electrons. The molecule has 9 nitrogen and oxygen atoms in total. The largest absolute Gasteiger partial charge is 0.379 e. The van der Waals surface area contributed by atoms with Crippen molar-refractivity contribution in [3.05, 3.63) is 18.2 Å². The molecule has 178 valence electrons. The van der Waals surface area contributed by atoms with Gasteiger partial charge in [-0.05, 0) is 45.4 Å². The minimum absolute atomic E-state index is 0.0650. The summed E-state index contributed by atoms with van der Waals surface area (Å²) in [5.74, 6) is 0.178. The van der Waals surface area contributed by atoms with Crippen LogP contribution >= 0.6 is 11.8 Å². The number of aromatic nitrogens is 2. The molecule has 11 heteroatoms. The van der Waals surface area contributed by atoms with Crippen LogP contribution in [0.1, 0.15) is 27.2 Å². The Hall–Kier alpha value is -1.66. The maximum Gasteiger partial charge on any atom is 0.243 e. The summed E-state index contributed by atoms with van der Waals surface area (Å²) in [4.78, 5) is 17.0. The lowest BCUT2D eigenvalue weighted by atomic mass is 10.3. The van der Waals surface area contributed by atoms with Crippen LogP contribution in [-0.4, -0.2) is 79.5 Å². The van der Waals surface area contributed by atoms with E-state index in [0.29, 0.717) is 56.7 Å². The van der Waals surface area contributed by atoms with Crippen LogP contribution in [-0.2, 0) is 30.8 Å². The van der Waals surface area contributed by atoms with Crippen LogP contribution in [0.5, 0.6) is 0 Å². The van der Waals surface area contributed by atoms with E-state index in [9.17, 15) is 13.2 Å². The summed E-state index contributed by atoms with van der Waals surface area (Å²) in [6.45, 7) is 9.32. The van der Waals surface area contributed by atoms with Crippen molar-refractivity contribution in [3.8, 4) is 0 Å². The van der Waals surface area contributed by atoms with Gasteiger partial charge in [0.15, 0.2) is 5.16 Å². The summed E-state index contributed by atoms with van der Waals surface area (Å²) in [5.41, 5.74) is 1.46. The molecule has 1 amide bonds. The second kappa shape index (κ2) is 11.5. The van der Waals surface area contributed by atoms with Gasteiger partial charge >= 0.3 is 0 Å². The van der Waals surface area contributed by atoms with Crippen LogP contribution in [0.15, 0.2) is 28.3 Å². The number of aryl methyl sites for hydroxylation is 1. The molecule has 1 N–H and O–H groups in total. The summed E-state index contributed by atoms with van der Waals surface area (Å²) < 4.78 is 40.1. The van der Waals surface area contributed by atoms with Crippen molar-refractivity contribution in [1.29, 1.82) is 0 Å². The van der Waals surface area contributed by atoms with E-state index in [0.717, 1.165) is 11.9 Å². The van der Waals surface area contributed by atoms with Crippen molar-refractivity contribution >= 4 is 38.7 Å². The highest BCUT2D eigenvalue weighted by Crippen LogP contribution is 2.27. The van der Waals surface area contributed by atoms with Gasteiger partial charge in [-0.1, -0.05) is 11.8 Å². The molecule has 0 atom stereocenters. The molecule has 0 aliphatic carbocycles. The number of sulfonamides is 1. The van der Waals surface area contributed by atoms with E-state index in [1.54, 1.807) is 18.2 Å². The molecule has 1 aliphatic rings. The van der Waals surface area contributed by atoms with E-state index >= 15 is 0 Å². The standard InChI is InChI=1S/C21H32N4O5S2/c1-4-25-19-7-6-17(32(27,28)24-9-12-29-13-10-24)14-18(19)23-21(25)31-15-20(26)22-8-5-11-30-16(2)3/h6-7,14,16H,4-5,8-13,15H2,1-3H3,(H,22,26). The Morgan fingerprint density at radius 2 is 2.06 bits per heavy atom. The number of benzene rings is 1. The van der Waals surface area contributed by atoms with Gasteiger partial charge in [-0.25, -0.2) is 13.4 Å². The first-order valence-electron chi connectivity index (χ1n) is 10.9. The number of hydrogen-bond acceptors (Lipinski definition) is 7. The number of imidazole rings is 1. The van der Waals surface area contributed by atoms with E-state index in [1.807, 2.05) is 25.3 Å². The topological polar surface area (TPSA) is 103 Å². The van der Waals surface area contributed by atoms with Crippen LogP contribution in [0.2, 0.25) is 0 Å². The first kappa shape index (κ1) is 25.0. The smallest absolute Gasteiger partial charge is 0.243 e. The van der Waals surface area contributed by atoms with Gasteiger partial charge in [0.2, 0.25) is 15.9 Å². The lowest BCUT2D eigenvalue weighted by Gasteiger charge is -2.26. The van der Waals surface area contributed by atoms with E-state index in [1.165, 1.54) is 16.1 Å². The van der Waals surface area contributed by atoms with Crippen LogP contribution in [0, 0.1) is 0 Å². The lowest BCUT2D eigenvalue weighted by molar-refractivity contribution is -0.118. The molecule has 3 rings (SSSR count). The monoisotopic (exact) mass is 484 g/mol. The van der Waals surface area contributed by atoms with Gasteiger partial charge < -0.3 is 19.4 Å². The van der Waals surface area contributed by atoms with E-state index in [4.69, 9.17) is 9.47 Å². The van der Waals surface area contributed by atoms with Crippen molar-refractivity contribution in [3.63, 3.8) is 0 Å². The van der Waals surface area contributed by atoms with Crippen LogP contribution in [0.25, 0.3) is 11.0 Å². The van der Waals surface area contributed by atoms with Gasteiger partial charge in [0.1, 0.15) is 0 Å². The number of nitrogens with zero attached hydrogens (tertiary/aromatic N) is 3. The fraction of sp³-hybridized carbons (Fsp3) is 0.619. The van der Waals surface area contributed by atoms with Crippen molar-refractivity contribution in [2.45, 2.75) is 49.9 Å². The van der Waals surface area contributed by atoms with Gasteiger partial charge in [0, 0.05) is 32.8 Å². The minimum atomic E-state index is -3.59. The second-order valence-corrected chi connectivity index (χ2v) is 10.6. The second-order valence-electron chi connectivity index (χ2n) is 7.72. The molecular formula is C21H32N4O5S2. The molecule has 1 fully saturated rings. The Kier molecular flexibility index (Phi) is 8.95. The normalized spacial score (nSPS) is 15.5. The Balaban J connectivity index is 1.66. The molecule has 0 saturated carbocycles. The predicted octanol–water partition coefficient (Wildman–Crippen LogP) is 2.10. The zero-order valence-corrected chi connectivity index (χ0v) is 20.5. The highest BCUT2D eigenvalue weighted by molar-refractivity contribution is 7.99. The van der Waals surface area contributed by atoms with Crippen LogP contribution < -0.4 is 5.32 Å². The molecule has 32 heavy (non-hydrogen) atoms. The Morgan fingerprint density at radius 3 is 2.75 bits per heavy atom. The third-order valence-electron chi connectivity index (χ3n) is 5.04. The summed E-state index contributed by atoms with van der Waals surface area (Å²) in [6.07, 6.45) is 0.954.